The molecule has 1 rings (SSSR count). The number of carbonyl (C=O) groups is 6. The first-order chi connectivity index (χ1) is 16.4. The van der Waals surface area contributed by atoms with Gasteiger partial charge >= 0.3 is 17.9 Å². The van der Waals surface area contributed by atoms with Gasteiger partial charge < -0.3 is 48.1 Å². The molecule has 0 aromatic heterocycles. The van der Waals surface area contributed by atoms with Crippen LogP contribution < -0.4 is 32.7 Å². The molecule has 0 aliphatic carbocycles. The minimum atomic E-state index is -1.85. The molecule has 1 saturated heterocycles. The average molecular weight is 501 g/mol. The molecule has 0 radical (unpaired) electrons. The van der Waals surface area contributed by atoms with Crippen LogP contribution in [0.1, 0.15) is 38.5 Å². The predicted octanol–water partition coefficient (Wildman–Crippen LogP) is -3.72. The molecule has 0 bridgehead atoms. The highest BCUT2D eigenvalue weighted by Gasteiger charge is 2.32. The van der Waals surface area contributed by atoms with Crippen molar-refractivity contribution in [1.82, 2.24) is 21.3 Å². The zero-order chi connectivity index (χ0) is 26.5. The minimum absolute atomic E-state index is 0.0409. The van der Waals surface area contributed by atoms with Crippen LogP contribution >= 0.6 is 0 Å². The molecule has 11 N–H and O–H groups in total. The predicted molar refractivity (Wildman–Crippen MR) is 119 cm³/mol. The number of rotatable bonds is 15. The van der Waals surface area contributed by atoms with Crippen LogP contribution in [-0.4, -0.2) is 94.2 Å². The Balaban J connectivity index is 2.97. The van der Waals surface area contributed by atoms with Crippen molar-refractivity contribution in [3.05, 3.63) is 0 Å². The van der Waals surface area contributed by atoms with Crippen molar-refractivity contribution in [2.75, 3.05) is 13.1 Å². The molecule has 0 aromatic rings. The normalized spacial score (nSPS) is 17.3. The zero-order valence-corrected chi connectivity index (χ0v) is 18.9. The summed E-state index contributed by atoms with van der Waals surface area (Å²) in [5, 5.41) is 36.7. The van der Waals surface area contributed by atoms with E-state index in [0.29, 0.717) is 13.0 Å². The maximum atomic E-state index is 12.9. The minimum Gasteiger partial charge on any atom is -0.481 e. The fourth-order valence-corrected chi connectivity index (χ4v) is 3.26. The van der Waals surface area contributed by atoms with Crippen LogP contribution in [0.5, 0.6) is 0 Å². The molecule has 35 heavy (non-hydrogen) atoms. The van der Waals surface area contributed by atoms with E-state index < -0.39 is 72.6 Å². The van der Waals surface area contributed by atoms with Gasteiger partial charge in [-0.2, -0.15) is 0 Å². The SMILES string of the molecule is NC(N)=NCCCC(NC(=O)C1CCCN1)C(=O)NC(CC(=O)O)C(=O)NC(CC(=O)O)C(=O)O. The van der Waals surface area contributed by atoms with Crippen LogP contribution in [0.3, 0.4) is 0 Å². The Morgan fingerprint density at radius 1 is 0.886 bits per heavy atom. The number of carboxylic acid groups (broad SMARTS) is 3. The van der Waals surface area contributed by atoms with Gasteiger partial charge in [0.15, 0.2) is 5.96 Å². The summed E-state index contributed by atoms with van der Waals surface area (Å²) in [6.07, 6.45) is -0.272. The quantitative estimate of drug-likeness (QED) is 0.0595. The number of nitrogens with zero attached hydrogens (tertiary/aromatic N) is 1. The van der Waals surface area contributed by atoms with Crippen LogP contribution in [0.2, 0.25) is 0 Å². The van der Waals surface area contributed by atoms with E-state index >= 15 is 0 Å². The highest BCUT2D eigenvalue weighted by atomic mass is 16.4. The molecule has 16 heteroatoms. The number of aliphatic imine (C=N–C) groups is 1. The lowest BCUT2D eigenvalue weighted by Gasteiger charge is -2.24. The second kappa shape index (κ2) is 14.3. The van der Waals surface area contributed by atoms with Crippen molar-refractivity contribution >= 4 is 41.6 Å². The van der Waals surface area contributed by atoms with E-state index in [2.05, 4.69) is 20.9 Å². The van der Waals surface area contributed by atoms with Crippen LogP contribution in [-0.2, 0) is 28.8 Å². The maximum absolute atomic E-state index is 12.9. The van der Waals surface area contributed by atoms with E-state index in [1.165, 1.54) is 0 Å². The second-order valence-corrected chi connectivity index (χ2v) is 7.82. The van der Waals surface area contributed by atoms with E-state index in [1.807, 2.05) is 5.32 Å². The molecule has 196 valence electrons. The van der Waals surface area contributed by atoms with Crippen LogP contribution in [0, 0.1) is 0 Å². The first-order valence-electron chi connectivity index (χ1n) is 10.8. The molecule has 3 amide bonds. The Labute approximate surface area is 199 Å². The number of guanidine groups is 1. The van der Waals surface area contributed by atoms with Gasteiger partial charge in [-0.25, -0.2) is 4.79 Å². The summed E-state index contributed by atoms with van der Waals surface area (Å²) in [4.78, 5) is 75.0. The summed E-state index contributed by atoms with van der Waals surface area (Å²) in [5.41, 5.74) is 10.5. The summed E-state index contributed by atoms with van der Waals surface area (Å²) < 4.78 is 0. The molecule has 1 heterocycles. The number of nitrogens with two attached hydrogens (primary N) is 2. The van der Waals surface area contributed by atoms with Gasteiger partial charge in [-0.3, -0.25) is 29.0 Å². The molecule has 16 nitrogen and oxygen atoms in total. The van der Waals surface area contributed by atoms with Crippen molar-refractivity contribution in [3.63, 3.8) is 0 Å². The molecular formula is C19H31N7O9. The highest BCUT2D eigenvalue weighted by Crippen LogP contribution is 2.08. The molecule has 1 aliphatic rings. The monoisotopic (exact) mass is 501 g/mol. The highest BCUT2D eigenvalue weighted by molar-refractivity contribution is 5.96. The van der Waals surface area contributed by atoms with Crippen LogP contribution in [0.15, 0.2) is 4.99 Å². The topological polar surface area (TPSA) is 276 Å². The Hall–Kier alpha value is -3.95. The number of nitrogens with one attached hydrogen (secondary N) is 4. The molecule has 1 aliphatic heterocycles. The summed E-state index contributed by atoms with van der Waals surface area (Å²) in [6, 6.07) is -5.29. The van der Waals surface area contributed by atoms with Crippen molar-refractivity contribution in [2.45, 2.75) is 62.7 Å². The van der Waals surface area contributed by atoms with Gasteiger partial charge in [-0.1, -0.05) is 0 Å². The zero-order valence-electron chi connectivity index (χ0n) is 18.9. The molecule has 4 unspecified atom stereocenters. The third-order valence-electron chi connectivity index (χ3n) is 4.96. The molecule has 0 aromatic carbocycles. The van der Waals surface area contributed by atoms with E-state index in [9.17, 15) is 28.8 Å². The van der Waals surface area contributed by atoms with Gasteiger partial charge in [0.05, 0.1) is 18.9 Å². The third-order valence-corrected chi connectivity index (χ3v) is 4.96. The number of carboxylic acids is 3. The molecular weight excluding hydrogens is 470 g/mol. The van der Waals surface area contributed by atoms with Crippen molar-refractivity contribution < 1.29 is 44.1 Å². The van der Waals surface area contributed by atoms with Crippen molar-refractivity contribution in [1.29, 1.82) is 0 Å². The Morgan fingerprint density at radius 3 is 1.97 bits per heavy atom. The second-order valence-electron chi connectivity index (χ2n) is 7.82. The van der Waals surface area contributed by atoms with E-state index in [4.69, 9.17) is 26.8 Å². The lowest BCUT2D eigenvalue weighted by Crippen LogP contribution is -2.57. The number of hydrogen-bond acceptors (Lipinski definition) is 8. The van der Waals surface area contributed by atoms with Crippen molar-refractivity contribution in [2.24, 2.45) is 16.5 Å². The molecule has 0 spiro atoms. The van der Waals surface area contributed by atoms with Crippen molar-refractivity contribution in [3.8, 4) is 0 Å². The molecule has 0 saturated carbocycles. The third kappa shape index (κ3) is 11.1. The van der Waals surface area contributed by atoms with Gasteiger partial charge in [0, 0.05) is 6.54 Å². The average Bonchev–Trinajstić information content (AvgIpc) is 3.28. The summed E-state index contributed by atoms with van der Waals surface area (Å²) in [5.74, 6) is -7.39. The van der Waals surface area contributed by atoms with Crippen LogP contribution in [0.25, 0.3) is 0 Å². The first-order valence-corrected chi connectivity index (χ1v) is 10.8. The van der Waals surface area contributed by atoms with Crippen LogP contribution in [0.4, 0.5) is 0 Å². The summed E-state index contributed by atoms with van der Waals surface area (Å²) >= 11 is 0. The summed E-state index contributed by atoms with van der Waals surface area (Å²) in [6.45, 7) is 0.763. The van der Waals surface area contributed by atoms with Gasteiger partial charge in [0.1, 0.15) is 18.1 Å². The number of carbonyl (C=O) groups excluding carboxylic acids is 3. The van der Waals surface area contributed by atoms with E-state index in [-0.39, 0.29) is 25.3 Å². The van der Waals surface area contributed by atoms with E-state index in [1.54, 1.807) is 0 Å². The lowest BCUT2D eigenvalue weighted by atomic mass is 10.1. The Kier molecular flexibility index (Phi) is 11.9. The molecule has 4 atom stereocenters. The van der Waals surface area contributed by atoms with Gasteiger partial charge in [0.2, 0.25) is 17.7 Å². The lowest BCUT2D eigenvalue weighted by molar-refractivity contribution is -0.148. The maximum Gasteiger partial charge on any atom is 0.326 e. The van der Waals surface area contributed by atoms with Gasteiger partial charge in [-0.15, -0.1) is 0 Å². The fourth-order valence-electron chi connectivity index (χ4n) is 3.26. The smallest absolute Gasteiger partial charge is 0.326 e. The number of hydrogen-bond donors (Lipinski definition) is 9. The fraction of sp³-hybridized carbons (Fsp3) is 0.632. The standard InChI is InChI=1S/C19H31N7O9/c20-19(21)23-6-2-4-10(24-15(31)9-3-1-5-22-9)16(32)25-11(7-13(27)28)17(33)26-12(18(34)35)8-14(29)30/h9-12,22H,1-8H2,(H,24,31)(H,25,32)(H,26,33)(H,27,28)(H,29,30)(H,34,35)(H4,20,21,23). The van der Waals surface area contributed by atoms with Gasteiger partial charge in [0.25, 0.3) is 0 Å². The first kappa shape index (κ1) is 29.1. The number of amides is 3. The largest absolute Gasteiger partial charge is 0.481 e. The van der Waals surface area contributed by atoms with Gasteiger partial charge in [-0.05, 0) is 32.2 Å². The Bertz CT molecular complexity index is 839. The summed E-state index contributed by atoms with van der Waals surface area (Å²) in [7, 11) is 0. The Morgan fingerprint density at radius 2 is 1.46 bits per heavy atom. The molecule has 1 fully saturated rings. The number of aliphatic carboxylic acids is 3. The van der Waals surface area contributed by atoms with E-state index in [0.717, 1.165) is 6.42 Å².